The molecule has 4 heteroatoms. The molecule has 0 saturated heterocycles. The zero-order chi connectivity index (χ0) is 15.9. The van der Waals surface area contributed by atoms with Crippen molar-refractivity contribution in [3.8, 4) is 11.5 Å². The number of hydrogen-bond donors (Lipinski definition) is 0. The van der Waals surface area contributed by atoms with Gasteiger partial charge in [-0.25, -0.2) is 0 Å². The lowest BCUT2D eigenvalue weighted by Gasteiger charge is -2.22. The van der Waals surface area contributed by atoms with Gasteiger partial charge in [-0.05, 0) is 36.8 Å². The maximum Gasteiger partial charge on any atom is 0.263 e. The summed E-state index contributed by atoms with van der Waals surface area (Å²) in [5.41, 5.74) is 1.04. The molecule has 1 atom stereocenters. The first-order chi connectivity index (χ1) is 10.6. The Morgan fingerprint density at radius 2 is 1.68 bits per heavy atom. The Bertz CT molecular complexity index is 595. The lowest BCUT2D eigenvalue weighted by atomic mass is 10.2. The van der Waals surface area contributed by atoms with Crippen molar-refractivity contribution in [3.05, 3.63) is 60.2 Å². The number of amides is 1. The molecule has 0 aliphatic rings. The van der Waals surface area contributed by atoms with E-state index in [0.29, 0.717) is 12.3 Å². The monoisotopic (exact) mass is 299 g/mol. The van der Waals surface area contributed by atoms with Crippen LogP contribution in [0.1, 0.15) is 12.5 Å². The molecule has 0 aromatic heterocycles. The first kappa shape index (κ1) is 15.9. The van der Waals surface area contributed by atoms with Crippen molar-refractivity contribution in [2.24, 2.45) is 0 Å². The van der Waals surface area contributed by atoms with E-state index in [0.717, 1.165) is 11.3 Å². The van der Waals surface area contributed by atoms with Crippen LogP contribution in [0.25, 0.3) is 0 Å². The van der Waals surface area contributed by atoms with Crippen LogP contribution in [-0.2, 0) is 11.3 Å². The van der Waals surface area contributed by atoms with Crippen LogP contribution in [0.3, 0.4) is 0 Å². The van der Waals surface area contributed by atoms with Gasteiger partial charge in [0.05, 0.1) is 7.11 Å². The van der Waals surface area contributed by atoms with E-state index in [9.17, 15) is 4.79 Å². The second kappa shape index (κ2) is 7.50. The number of para-hydroxylation sites is 1. The van der Waals surface area contributed by atoms with Gasteiger partial charge in [-0.15, -0.1) is 0 Å². The maximum atomic E-state index is 12.4. The van der Waals surface area contributed by atoms with E-state index < -0.39 is 6.10 Å². The molecule has 0 saturated carbocycles. The minimum absolute atomic E-state index is 0.0559. The van der Waals surface area contributed by atoms with Crippen LogP contribution in [0.4, 0.5) is 0 Å². The number of nitrogens with zero attached hydrogens (tertiary/aromatic N) is 1. The third kappa shape index (κ3) is 4.25. The van der Waals surface area contributed by atoms with E-state index in [1.807, 2.05) is 54.6 Å². The van der Waals surface area contributed by atoms with Gasteiger partial charge < -0.3 is 14.4 Å². The molecule has 116 valence electrons. The van der Waals surface area contributed by atoms with Crippen molar-refractivity contribution in [2.45, 2.75) is 19.6 Å². The zero-order valence-corrected chi connectivity index (χ0v) is 13.2. The summed E-state index contributed by atoms with van der Waals surface area (Å²) in [5, 5.41) is 0. The zero-order valence-electron chi connectivity index (χ0n) is 13.2. The van der Waals surface area contributed by atoms with Gasteiger partial charge in [0.2, 0.25) is 0 Å². The van der Waals surface area contributed by atoms with Crippen LogP contribution >= 0.6 is 0 Å². The van der Waals surface area contributed by atoms with Crippen molar-refractivity contribution in [3.63, 3.8) is 0 Å². The van der Waals surface area contributed by atoms with Gasteiger partial charge in [0.1, 0.15) is 11.5 Å². The molecule has 4 nitrogen and oxygen atoms in total. The number of hydrogen-bond acceptors (Lipinski definition) is 3. The summed E-state index contributed by atoms with van der Waals surface area (Å²) in [7, 11) is 3.41. The number of carbonyl (C=O) groups is 1. The number of carbonyl (C=O) groups excluding carboxylic acids is 1. The fraction of sp³-hybridized carbons (Fsp3) is 0.278. The SMILES string of the molecule is COc1ccc(CN(C)C(=O)[C@@H](C)Oc2ccccc2)cc1. The van der Waals surface area contributed by atoms with E-state index in [1.54, 1.807) is 26.0 Å². The molecule has 0 fully saturated rings. The van der Waals surface area contributed by atoms with Gasteiger partial charge in [0.15, 0.2) is 6.10 Å². The highest BCUT2D eigenvalue weighted by molar-refractivity contribution is 5.80. The molecule has 0 spiro atoms. The fourth-order valence-corrected chi connectivity index (χ4v) is 2.15. The second-order valence-electron chi connectivity index (χ2n) is 5.12. The lowest BCUT2D eigenvalue weighted by Crippen LogP contribution is -2.37. The Labute approximate surface area is 131 Å². The van der Waals surface area contributed by atoms with E-state index in [-0.39, 0.29) is 5.91 Å². The molecular weight excluding hydrogens is 278 g/mol. The first-order valence-corrected chi connectivity index (χ1v) is 7.20. The summed E-state index contributed by atoms with van der Waals surface area (Å²) in [6, 6.07) is 17.0. The highest BCUT2D eigenvalue weighted by Crippen LogP contribution is 2.15. The molecule has 0 aliphatic heterocycles. The minimum atomic E-state index is -0.523. The number of methoxy groups -OCH3 is 1. The molecule has 0 unspecified atom stereocenters. The van der Waals surface area contributed by atoms with Crippen LogP contribution in [0.15, 0.2) is 54.6 Å². The Balaban J connectivity index is 1.93. The summed E-state index contributed by atoms with van der Waals surface area (Å²) in [6.45, 7) is 2.30. The van der Waals surface area contributed by atoms with Crippen LogP contribution < -0.4 is 9.47 Å². The van der Waals surface area contributed by atoms with Crippen molar-refractivity contribution < 1.29 is 14.3 Å². The quantitative estimate of drug-likeness (QED) is 0.822. The van der Waals surface area contributed by atoms with Crippen molar-refractivity contribution in [1.82, 2.24) is 4.90 Å². The molecule has 0 N–H and O–H groups in total. The Hall–Kier alpha value is -2.49. The Kier molecular flexibility index (Phi) is 5.42. The summed E-state index contributed by atoms with van der Waals surface area (Å²) < 4.78 is 10.8. The van der Waals surface area contributed by atoms with E-state index in [1.165, 1.54) is 0 Å². The van der Waals surface area contributed by atoms with Gasteiger partial charge in [0, 0.05) is 13.6 Å². The molecule has 2 aromatic carbocycles. The molecule has 0 heterocycles. The standard InChI is InChI=1S/C18H21NO3/c1-14(22-17-7-5-4-6-8-17)18(20)19(2)13-15-9-11-16(21-3)12-10-15/h4-12,14H,13H2,1-3H3/t14-/m1/s1. The molecule has 1 amide bonds. The average molecular weight is 299 g/mol. The lowest BCUT2D eigenvalue weighted by molar-refractivity contribution is -0.137. The van der Waals surface area contributed by atoms with Gasteiger partial charge in [-0.2, -0.15) is 0 Å². The summed E-state index contributed by atoms with van der Waals surface area (Å²) in [5.74, 6) is 1.44. The number of benzene rings is 2. The van der Waals surface area contributed by atoms with Crippen LogP contribution in [0.5, 0.6) is 11.5 Å². The number of rotatable bonds is 6. The Morgan fingerprint density at radius 3 is 2.27 bits per heavy atom. The normalized spacial score (nSPS) is 11.6. The fourth-order valence-electron chi connectivity index (χ4n) is 2.15. The van der Waals surface area contributed by atoms with Gasteiger partial charge >= 0.3 is 0 Å². The van der Waals surface area contributed by atoms with Crippen LogP contribution in [-0.4, -0.2) is 31.1 Å². The summed E-state index contributed by atoms with van der Waals surface area (Å²) >= 11 is 0. The van der Waals surface area contributed by atoms with Gasteiger partial charge in [-0.3, -0.25) is 4.79 Å². The summed E-state index contributed by atoms with van der Waals surface area (Å²) in [6.07, 6.45) is -0.523. The maximum absolute atomic E-state index is 12.4. The van der Waals surface area contributed by atoms with E-state index in [4.69, 9.17) is 9.47 Å². The average Bonchev–Trinajstić information content (AvgIpc) is 2.55. The smallest absolute Gasteiger partial charge is 0.263 e. The number of ether oxygens (including phenoxy) is 2. The first-order valence-electron chi connectivity index (χ1n) is 7.20. The molecule has 2 aromatic rings. The van der Waals surface area contributed by atoms with Crippen LogP contribution in [0, 0.1) is 0 Å². The highest BCUT2D eigenvalue weighted by Gasteiger charge is 2.19. The molecule has 22 heavy (non-hydrogen) atoms. The third-order valence-corrected chi connectivity index (χ3v) is 3.36. The largest absolute Gasteiger partial charge is 0.497 e. The highest BCUT2D eigenvalue weighted by atomic mass is 16.5. The third-order valence-electron chi connectivity index (χ3n) is 3.36. The summed E-state index contributed by atoms with van der Waals surface area (Å²) in [4.78, 5) is 14.0. The van der Waals surface area contributed by atoms with Crippen LogP contribution in [0.2, 0.25) is 0 Å². The van der Waals surface area contributed by atoms with Crippen molar-refractivity contribution in [1.29, 1.82) is 0 Å². The van der Waals surface area contributed by atoms with Crippen molar-refractivity contribution >= 4 is 5.91 Å². The van der Waals surface area contributed by atoms with Crippen molar-refractivity contribution in [2.75, 3.05) is 14.2 Å². The molecule has 0 aliphatic carbocycles. The molecule has 0 radical (unpaired) electrons. The number of likely N-dealkylation sites (N-methyl/N-ethyl adjacent to an activating group) is 1. The van der Waals surface area contributed by atoms with E-state index in [2.05, 4.69) is 0 Å². The minimum Gasteiger partial charge on any atom is -0.497 e. The molecule has 0 bridgehead atoms. The topological polar surface area (TPSA) is 38.8 Å². The van der Waals surface area contributed by atoms with Gasteiger partial charge in [-0.1, -0.05) is 30.3 Å². The predicted molar refractivity (Wildman–Crippen MR) is 86.0 cm³/mol. The Morgan fingerprint density at radius 1 is 1.05 bits per heavy atom. The van der Waals surface area contributed by atoms with Gasteiger partial charge in [0.25, 0.3) is 5.91 Å². The predicted octanol–water partition coefficient (Wildman–Crippen LogP) is 3.12. The molecule has 2 rings (SSSR count). The van der Waals surface area contributed by atoms with E-state index >= 15 is 0 Å². The second-order valence-corrected chi connectivity index (χ2v) is 5.12. The molecular formula is C18H21NO3.